The maximum absolute atomic E-state index is 13.1. The molecule has 2 rings (SSSR count). The van der Waals surface area contributed by atoms with Crippen molar-refractivity contribution in [1.82, 2.24) is 9.80 Å². The summed E-state index contributed by atoms with van der Waals surface area (Å²) >= 11 is 0. The number of ether oxygens (including phenoxy) is 1. The third-order valence-electron chi connectivity index (χ3n) is 5.47. The second-order valence-electron chi connectivity index (χ2n) is 8.27. The smallest absolute Gasteiger partial charge is 0.242 e. The van der Waals surface area contributed by atoms with Gasteiger partial charge in [0.05, 0.1) is 25.5 Å². The molecule has 1 aliphatic rings. The van der Waals surface area contributed by atoms with E-state index >= 15 is 0 Å². The summed E-state index contributed by atoms with van der Waals surface area (Å²) in [6.45, 7) is 7.93. The summed E-state index contributed by atoms with van der Waals surface area (Å²) in [5.74, 6) is 0.763. The van der Waals surface area contributed by atoms with Gasteiger partial charge in [0.2, 0.25) is 11.8 Å². The number of furan rings is 1. The van der Waals surface area contributed by atoms with Crippen LogP contribution < -0.4 is 0 Å². The number of unbranched alkanes of at least 4 members (excludes halogenated alkanes) is 4. The maximum atomic E-state index is 13.1. The first-order valence-corrected chi connectivity index (χ1v) is 11.2. The number of carbonyl (C=O) groups excluding carboxylic acids is 2. The first-order chi connectivity index (χ1) is 14.0. The van der Waals surface area contributed by atoms with Gasteiger partial charge in [-0.1, -0.05) is 32.6 Å². The van der Waals surface area contributed by atoms with E-state index in [2.05, 4.69) is 6.92 Å². The van der Waals surface area contributed by atoms with E-state index in [9.17, 15) is 9.59 Å². The summed E-state index contributed by atoms with van der Waals surface area (Å²) < 4.78 is 11.2. The number of nitrogens with zero attached hydrogens (tertiary/aromatic N) is 2. The molecule has 1 aromatic heterocycles. The van der Waals surface area contributed by atoms with Gasteiger partial charge in [-0.15, -0.1) is 0 Å². The molecule has 0 bridgehead atoms. The van der Waals surface area contributed by atoms with Gasteiger partial charge >= 0.3 is 0 Å². The standard InChI is InChI=1S/C23H38N2O4/c1-4-5-6-7-8-13-22(26)25(19(2)3)18-23(27)24(16-20-11-9-14-28-20)17-21-12-10-15-29-21/h9,11,14,19,21H,4-8,10,12-13,15-18H2,1-3H3/t21-/m0/s1. The van der Waals surface area contributed by atoms with Gasteiger partial charge in [-0.25, -0.2) is 0 Å². The highest BCUT2D eigenvalue weighted by Gasteiger charge is 2.27. The zero-order chi connectivity index (χ0) is 21.1. The van der Waals surface area contributed by atoms with Gasteiger partial charge in [0.25, 0.3) is 0 Å². The topological polar surface area (TPSA) is 63.0 Å². The van der Waals surface area contributed by atoms with Gasteiger partial charge in [-0.2, -0.15) is 0 Å². The molecule has 29 heavy (non-hydrogen) atoms. The molecule has 1 aromatic rings. The zero-order valence-corrected chi connectivity index (χ0v) is 18.4. The molecule has 0 aliphatic carbocycles. The average molecular weight is 407 g/mol. The van der Waals surface area contributed by atoms with E-state index in [-0.39, 0.29) is 30.5 Å². The predicted molar refractivity (Wildman–Crippen MR) is 113 cm³/mol. The molecule has 1 fully saturated rings. The summed E-state index contributed by atoms with van der Waals surface area (Å²) in [7, 11) is 0. The highest BCUT2D eigenvalue weighted by Crippen LogP contribution is 2.17. The van der Waals surface area contributed by atoms with Crippen LogP contribution in [0, 0.1) is 0 Å². The van der Waals surface area contributed by atoms with Crippen LogP contribution in [0.15, 0.2) is 22.8 Å². The zero-order valence-electron chi connectivity index (χ0n) is 18.4. The van der Waals surface area contributed by atoms with Crippen molar-refractivity contribution >= 4 is 11.8 Å². The van der Waals surface area contributed by atoms with Crippen LogP contribution in [0.3, 0.4) is 0 Å². The molecule has 1 atom stereocenters. The van der Waals surface area contributed by atoms with Crippen LogP contribution in [0.5, 0.6) is 0 Å². The minimum absolute atomic E-state index is 0.00437. The van der Waals surface area contributed by atoms with Crippen molar-refractivity contribution in [3.63, 3.8) is 0 Å². The highest BCUT2D eigenvalue weighted by molar-refractivity contribution is 5.85. The Kier molecular flexibility index (Phi) is 10.3. The largest absolute Gasteiger partial charge is 0.467 e. The van der Waals surface area contributed by atoms with Crippen molar-refractivity contribution in [2.45, 2.75) is 90.8 Å². The predicted octanol–water partition coefficient (Wildman–Crippen LogP) is 4.38. The first kappa shape index (κ1) is 23.5. The Bertz CT molecular complexity index is 594. The van der Waals surface area contributed by atoms with Gasteiger partial charge < -0.3 is 19.0 Å². The monoisotopic (exact) mass is 406 g/mol. The van der Waals surface area contributed by atoms with Crippen molar-refractivity contribution < 1.29 is 18.7 Å². The van der Waals surface area contributed by atoms with E-state index in [4.69, 9.17) is 9.15 Å². The Morgan fingerprint density at radius 2 is 1.97 bits per heavy atom. The molecular weight excluding hydrogens is 368 g/mol. The summed E-state index contributed by atoms with van der Waals surface area (Å²) in [6, 6.07) is 3.69. The normalized spacial score (nSPS) is 16.3. The second-order valence-corrected chi connectivity index (χ2v) is 8.27. The fraction of sp³-hybridized carbons (Fsp3) is 0.739. The molecule has 0 N–H and O–H groups in total. The molecule has 2 heterocycles. The molecule has 164 valence electrons. The van der Waals surface area contributed by atoms with Crippen LogP contribution in [0.4, 0.5) is 0 Å². The third-order valence-corrected chi connectivity index (χ3v) is 5.47. The summed E-state index contributed by atoms with van der Waals surface area (Å²) in [5.41, 5.74) is 0. The molecule has 0 radical (unpaired) electrons. The minimum atomic E-state index is -0.0510. The lowest BCUT2D eigenvalue weighted by Crippen LogP contribution is -2.47. The van der Waals surface area contributed by atoms with Gasteiger partial charge in [-0.05, 0) is 45.2 Å². The van der Waals surface area contributed by atoms with Crippen molar-refractivity contribution in [2.75, 3.05) is 19.7 Å². The van der Waals surface area contributed by atoms with Crippen molar-refractivity contribution in [3.05, 3.63) is 24.2 Å². The van der Waals surface area contributed by atoms with Gasteiger partial charge in [0.15, 0.2) is 0 Å². The molecule has 0 saturated carbocycles. The molecule has 0 unspecified atom stereocenters. The number of carbonyl (C=O) groups is 2. The lowest BCUT2D eigenvalue weighted by Gasteiger charge is -2.31. The summed E-state index contributed by atoms with van der Waals surface area (Å²) in [5, 5.41) is 0. The Hall–Kier alpha value is -1.82. The van der Waals surface area contributed by atoms with Crippen LogP contribution in [-0.4, -0.2) is 53.5 Å². The van der Waals surface area contributed by atoms with Crippen LogP contribution in [0.25, 0.3) is 0 Å². The molecule has 1 aliphatic heterocycles. The quantitative estimate of drug-likeness (QED) is 0.456. The molecule has 0 spiro atoms. The number of hydrogen-bond donors (Lipinski definition) is 0. The van der Waals surface area contributed by atoms with E-state index in [1.165, 1.54) is 19.3 Å². The fourth-order valence-corrected chi connectivity index (χ4v) is 3.71. The number of hydrogen-bond acceptors (Lipinski definition) is 4. The lowest BCUT2D eigenvalue weighted by molar-refractivity contribution is -0.143. The van der Waals surface area contributed by atoms with E-state index in [0.717, 1.165) is 38.1 Å². The molecule has 2 amide bonds. The molecule has 6 nitrogen and oxygen atoms in total. The Balaban J connectivity index is 1.94. The van der Waals surface area contributed by atoms with E-state index < -0.39 is 0 Å². The lowest BCUT2D eigenvalue weighted by atomic mass is 10.1. The van der Waals surface area contributed by atoms with Crippen molar-refractivity contribution in [3.8, 4) is 0 Å². The fourth-order valence-electron chi connectivity index (χ4n) is 3.71. The summed E-state index contributed by atoms with van der Waals surface area (Å²) in [4.78, 5) is 29.4. The molecular formula is C23H38N2O4. The van der Waals surface area contributed by atoms with E-state index in [1.54, 1.807) is 16.1 Å². The van der Waals surface area contributed by atoms with Crippen LogP contribution in [0.1, 0.15) is 77.9 Å². The molecule has 0 aromatic carbocycles. The van der Waals surface area contributed by atoms with Crippen LogP contribution >= 0.6 is 0 Å². The van der Waals surface area contributed by atoms with Crippen molar-refractivity contribution in [1.29, 1.82) is 0 Å². The summed E-state index contributed by atoms with van der Waals surface area (Å²) in [6.07, 6.45) is 9.73. The highest BCUT2D eigenvalue weighted by atomic mass is 16.5. The van der Waals surface area contributed by atoms with E-state index in [0.29, 0.717) is 19.5 Å². The number of rotatable bonds is 13. The van der Waals surface area contributed by atoms with Crippen LogP contribution in [-0.2, 0) is 20.9 Å². The van der Waals surface area contributed by atoms with Gasteiger partial charge in [0.1, 0.15) is 5.76 Å². The SMILES string of the molecule is CCCCCCCC(=O)N(CC(=O)N(Cc1ccco1)C[C@@H]1CCCO1)C(C)C. The minimum Gasteiger partial charge on any atom is -0.467 e. The Morgan fingerprint density at radius 3 is 2.59 bits per heavy atom. The average Bonchev–Trinajstić information content (AvgIpc) is 3.39. The van der Waals surface area contributed by atoms with E-state index in [1.807, 2.05) is 26.0 Å². The van der Waals surface area contributed by atoms with Gasteiger partial charge in [-0.3, -0.25) is 9.59 Å². The number of amides is 2. The maximum Gasteiger partial charge on any atom is 0.242 e. The van der Waals surface area contributed by atoms with Crippen molar-refractivity contribution in [2.24, 2.45) is 0 Å². The molecule has 6 heteroatoms. The van der Waals surface area contributed by atoms with Crippen LogP contribution in [0.2, 0.25) is 0 Å². The Labute approximate surface area is 175 Å². The first-order valence-electron chi connectivity index (χ1n) is 11.2. The molecule has 1 saturated heterocycles. The third kappa shape index (κ3) is 8.21. The van der Waals surface area contributed by atoms with Gasteiger partial charge in [0, 0.05) is 25.6 Å². The Morgan fingerprint density at radius 1 is 1.17 bits per heavy atom. The second kappa shape index (κ2) is 12.7.